The molecular weight excluding hydrogens is 301 g/mol. The Hall–Kier alpha value is -0.560. The number of hydrogen-bond acceptors (Lipinski definition) is 3. The Bertz CT molecular complexity index is 275. The number of ketones is 1. The quantitative estimate of drug-likeness (QED) is 0.578. The Morgan fingerprint density at radius 3 is 2.29 bits per heavy atom. The van der Waals surface area contributed by atoms with Crippen molar-refractivity contribution in [2.24, 2.45) is 0 Å². The molecule has 1 N–H and O–H groups in total. The average Bonchev–Trinajstić information content (AvgIpc) is 2.26. The van der Waals surface area contributed by atoms with Crippen molar-refractivity contribution in [2.75, 3.05) is 26.2 Å². The van der Waals surface area contributed by atoms with Gasteiger partial charge in [-0.15, -0.1) is 0 Å². The summed E-state index contributed by atoms with van der Waals surface area (Å²) >= 11 is 2.60. The summed E-state index contributed by atoms with van der Waals surface area (Å²) in [5.74, 6) is -1.88. The van der Waals surface area contributed by atoms with Crippen LogP contribution in [-0.2, 0) is 4.79 Å². The van der Waals surface area contributed by atoms with Gasteiger partial charge in [-0.25, -0.2) is 0 Å². The lowest BCUT2D eigenvalue weighted by Gasteiger charge is -2.17. The van der Waals surface area contributed by atoms with Crippen LogP contribution in [0.25, 0.3) is 0 Å². The van der Waals surface area contributed by atoms with Crippen molar-refractivity contribution in [2.45, 2.75) is 20.0 Å². The molecule has 0 aromatic heterocycles. The van der Waals surface area contributed by atoms with Crippen molar-refractivity contribution in [1.82, 2.24) is 10.2 Å². The van der Waals surface area contributed by atoms with Crippen LogP contribution in [0.5, 0.6) is 0 Å². The maximum Gasteiger partial charge on any atom is 0.455 e. The molecule has 0 aromatic rings. The van der Waals surface area contributed by atoms with Crippen LogP contribution in [0.1, 0.15) is 13.8 Å². The molecular formula is C10H16BrF3N2O. The van der Waals surface area contributed by atoms with Gasteiger partial charge in [-0.1, -0.05) is 13.8 Å². The fourth-order valence-corrected chi connectivity index (χ4v) is 1.51. The highest BCUT2D eigenvalue weighted by molar-refractivity contribution is 9.12. The van der Waals surface area contributed by atoms with Gasteiger partial charge in [0, 0.05) is 19.3 Å². The molecule has 3 nitrogen and oxygen atoms in total. The molecule has 0 saturated carbocycles. The first-order chi connectivity index (χ1) is 7.82. The number of likely N-dealkylation sites (N-methyl/N-ethyl adjacent to an activating group) is 1. The van der Waals surface area contributed by atoms with E-state index in [-0.39, 0.29) is 0 Å². The second-order valence-electron chi connectivity index (χ2n) is 3.30. The van der Waals surface area contributed by atoms with Gasteiger partial charge in [0.15, 0.2) is 0 Å². The summed E-state index contributed by atoms with van der Waals surface area (Å²) in [5, 5.41) is 2.67. The summed E-state index contributed by atoms with van der Waals surface area (Å²) < 4.78 is 35.5. The van der Waals surface area contributed by atoms with Crippen LogP contribution in [-0.4, -0.2) is 43.0 Å². The second kappa shape index (κ2) is 7.71. The number of halogens is 4. The highest BCUT2D eigenvalue weighted by atomic mass is 79.9. The first-order valence-electron chi connectivity index (χ1n) is 5.25. The summed E-state index contributed by atoms with van der Waals surface area (Å²) in [6.07, 6.45) is -3.80. The van der Waals surface area contributed by atoms with Crippen molar-refractivity contribution < 1.29 is 18.0 Å². The third-order valence-corrected chi connectivity index (χ3v) is 2.76. The maximum absolute atomic E-state index is 12.0. The molecule has 0 heterocycles. The minimum absolute atomic E-state index is 0.488. The number of allylic oxidation sites excluding steroid dienone is 1. The van der Waals surface area contributed by atoms with Gasteiger partial charge in [0.1, 0.15) is 0 Å². The van der Waals surface area contributed by atoms with E-state index in [1.807, 2.05) is 13.8 Å². The number of nitrogens with zero attached hydrogens (tertiary/aromatic N) is 1. The van der Waals surface area contributed by atoms with E-state index in [0.29, 0.717) is 13.1 Å². The van der Waals surface area contributed by atoms with Gasteiger partial charge in [0.05, 0.1) is 4.48 Å². The fraction of sp³-hybridized carbons (Fsp3) is 0.700. The molecule has 0 radical (unpaired) electrons. The zero-order valence-corrected chi connectivity index (χ0v) is 11.4. The van der Waals surface area contributed by atoms with Crippen molar-refractivity contribution in [3.8, 4) is 0 Å². The van der Waals surface area contributed by atoms with Crippen molar-refractivity contribution in [3.63, 3.8) is 0 Å². The highest BCUT2D eigenvalue weighted by Gasteiger charge is 2.39. The fourth-order valence-electron chi connectivity index (χ4n) is 1.13. The monoisotopic (exact) mass is 316 g/mol. The zero-order chi connectivity index (χ0) is 13.5. The normalized spacial score (nSPS) is 13.0. The SMILES string of the molecule is CCN(CC)CCNC=C(Br)C(=O)C(F)(F)F. The van der Waals surface area contributed by atoms with E-state index in [9.17, 15) is 18.0 Å². The van der Waals surface area contributed by atoms with Crippen LogP contribution >= 0.6 is 15.9 Å². The zero-order valence-electron chi connectivity index (χ0n) is 9.77. The van der Waals surface area contributed by atoms with Crippen molar-refractivity contribution in [3.05, 3.63) is 10.7 Å². The van der Waals surface area contributed by atoms with Gasteiger partial charge in [-0.3, -0.25) is 4.79 Å². The van der Waals surface area contributed by atoms with Gasteiger partial charge >= 0.3 is 6.18 Å². The molecule has 0 spiro atoms. The van der Waals surface area contributed by atoms with Crippen molar-refractivity contribution >= 4 is 21.7 Å². The Kier molecular flexibility index (Phi) is 7.45. The predicted octanol–water partition coefficient (Wildman–Crippen LogP) is 2.29. The van der Waals surface area contributed by atoms with E-state index in [0.717, 1.165) is 19.3 Å². The van der Waals surface area contributed by atoms with Gasteiger partial charge in [-0.2, -0.15) is 13.2 Å². The van der Waals surface area contributed by atoms with Crippen LogP contribution in [0.3, 0.4) is 0 Å². The average molecular weight is 317 g/mol. The smallest absolute Gasteiger partial charge is 0.389 e. The number of alkyl halides is 3. The molecule has 0 atom stereocenters. The van der Waals surface area contributed by atoms with Crippen LogP contribution in [0.4, 0.5) is 13.2 Å². The Morgan fingerprint density at radius 2 is 1.88 bits per heavy atom. The Morgan fingerprint density at radius 1 is 1.35 bits per heavy atom. The van der Waals surface area contributed by atoms with Gasteiger partial charge in [-0.05, 0) is 29.0 Å². The molecule has 0 amide bonds. The molecule has 0 fully saturated rings. The van der Waals surface area contributed by atoms with E-state index in [4.69, 9.17) is 0 Å². The summed E-state index contributed by atoms with van der Waals surface area (Å²) in [4.78, 5) is 12.8. The van der Waals surface area contributed by atoms with Crippen LogP contribution in [0.2, 0.25) is 0 Å². The molecule has 0 aliphatic rings. The molecule has 0 aliphatic carbocycles. The summed E-state index contributed by atoms with van der Waals surface area (Å²) in [7, 11) is 0. The number of nitrogens with one attached hydrogen (secondary N) is 1. The minimum atomic E-state index is -4.84. The third kappa shape index (κ3) is 6.68. The first-order valence-corrected chi connectivity index (χ1v) is 6.05. The predicted molar refractivity (Wildman–Crippen MR) is 63.9 cm³/mol. The maximum atomic E-state index is 12.0. The first kappa shape index (κ1) is 16.4. The van der Waals surface area contributed by atoms with Gasteiger partial charge < -0.3 is 10.2 Å². The third-order valence-electron chi connectivity index (χ3n) is 2.17. The molecule has 0 saturated heterocycles. The van der Waals surface area contributed by atoms with Crippen molar-refractivity contribution in [1.29, 1.82) is 0 Å². The summed E-state index contributed by atoms with van der Waals surface area (Å²) in [6, 6.07) is 0. The molecule has 100 valence electrons. The Labute approximate surface area is 107 Å². The summed E-state index contributed by atoms with van der Waals surface area (Å²) in [6.45, 7) is 6.96. The van der Waals surface area contributed by atoms with Crippen LogP contribution in [0.15, 0.2) is 10.7 Å². The molecule has 0 aliphatic heterocycles. The lowest BCUT2D eigenvalue weighted by Crippen LogP contribution is -2.30. The van der Waals surface area contributed by atoms with E-state index in [1.165, 1.54) is 0 Å². The topological polar surface area (TPSA) is 32.3 Å². The largest absolute Gasteiger partial charge is 0.455 e. The number of rotatable bonds is 7. The second-order valence-corrected chi connectivity index (χ2v) is 4.15. The lowest BCUT2D eigenvalue weighted by atomic mass is 10.4. The van der Waals surface area contributed by atoms with Gasteiger partial charge in [0.2, 0.25) is 0 Å². The molecule has 0 unspecified atom stereocenters. The van der Waals surface area contributed by atoms with E-state index in [2.05, 4.69) is 26.1 Å². The Balaban J connectivity index is 4.05. The number of hydrogen-bond donors (Lipinski definition) is 1. The molecule has 7 heteroatoms. The number of carbonyl (C=O) groups excluding carboxylic acids is 1. The standard InChI is InChI=1S/C10H16BrF3N2O/c1-3-16(4-2)6-5-15-7-8(11)9(17)10(12,13)14/h7,15H,3-6H2,1-2H3. The summed E-state index contributed by atoms with van der Waals surface area (Å²) in [5.41, 5.74) is 0. The minimum Gasteiger partial charge on any atom is -0.389 e. The molecule has 17 heavy (non-hydrogen) atoms. The van der Waals surface area contributed by atoms with Crippen LogP contribution < -0.4 is 5.32 Å². The van der Waals surface area contributed by atoms with E-state index >= 15 is 0 Å². The van der Waals surface area contributed by atoms with E-state index < -0.39 is 16.4 Å². The molecule has 0 bridgehead atoms. The van der Waals surface area contributed by atoms with Crippen LogP contribution in [0, 0.1) is 0 Å². The lowest BCUT2D eigenvalue weighted by molar-refractivity contribution is -0.165. The molecule has 0 aromatic carbocycles. The number of Topliss-reactive ketones (excluding diaryl/α,β-unsaturated/α-hetero) is 1. The highest BCUT2D eigenvalue weighted by Crippen LogP contribution is 2.23. The molecule has 0 rings (SSSR count). The van der Waals surface area contributed by atoms with E-state index in [1.54, 1.807) is 0 Å². The van der Waals surface area contributed by atoms with Gasteiger partial charge in [0.25, 0.3) is 5.78 Å². The number of carbonyl (C=O) groups is 1.